The second kappa shape index (κ2) is 9.63. The molecule has 0 radical (unpaired) electrons. The number of aryl methyl sites for hydroxylation is 1. The molecule has 0 saturated carbocycles. The fourth-order valence-corrected chi connectivity index (χ4v) is 6.56. The zero-order chi connectivity index (χ0) is 25.3. The van der Waals surface area contributed by atoms with Gasteiger partial charge in [0.15, 0.2) is 0 Å². The number of carbonyl (C=O) groups excluding carboxylic acids is 1. The lowest BCUT2D eigenvalue weighted by atomic mass is 9.90. The molecule has 0 N–H and O–H groups in total. The third-order valence-electron chi connectivity index (χ3n) is 6.67. The van der Waals surface area contributed by atoms with Gasteiger partial charge in [-0.1, -0.05) is 72.3 Å². The highest BCUT2D eigenvalue weighted by Crippen LogP contribution is 2.44. The molecule has 0 aromatic heterocycles. The number of hydrogen-bond donors (Lipinski definition) is 0. The van der Waals surface area contributed by atoms with Gasteiger partial charge in [-0.25, -0.2) is 8.42 Å². The Labute approximate surface area is 212 Å². The SMILES string of the molecule is Cc1ccc(S(=O)(=O)N(c2ccccc2)[C@@H]2C[C@H](C)N(C(=O)c3ccccc3)c3ccccc32)cc1. The van der Waals surface area contributed by atoms with Crippen LogP contribution in [-0.4, -0.2) is 20.4 Å². The van der Waals surface area contributed by atoms with E-state index < -0.39 is 16.1 Å². The minimum atomic E-state index is -3.90. The first-order chi connectivity index (χ1) is 17.4. The van der Waals surface area contributed by atoms with Gasteiger partial charge in [0.1, 0.15) is 0 Å². The third kappa shape index (κ3) is 4.29. The second-order valence-electron chi connectivity index (χ2n) is 9.15. The average Bonchev–Trinajstić information content (AvgIpc) is 2.90. The summed E-state index contributed by atoms with van der Waals surface area (Å²) in [5, 5.41) is 0. The lowest BCUT2D eigenvalue weighted by molar-refractivity contribution is 0.0974. The Morgan fingerprint density at radius 3 is 2.06 bits per heavy atom. The monoisotopic (exact) mass is 496 g/mol. The molecular formula is C30H28N2O3S. The first-order valence-electron chi connectivity index (χ1n) is 12.0. The van der Waals surface area contributed by atoms with Gasteiger partial charge in [0.25, 0.3) is 15.9 Å². The van der Waals surface area contributed by atoms with Crippen LogP contribution in [0.2, 0.25) is 0 Å². The van der Waals surface area contributed by atoms with Crippen molar-refractivity contribution < 1.29 is 13.2 Å². The summed E-state index contributed by atoms with van der Waals surface area (Å²) in [4.78, 5) is 15.6. The molecule has 1 aliphatic heterocycles. The minimum Gasteiger partial charge on any atom is -0.305 e. The third-order valence-corrected chi connectivity index (χ3v) is 8.52. The molecule has 0 fully saturated rings. The molecule has 1 heterocycles. The highest BCUT2D eigenvalue weighted by atomic mass is 32.2. The van der Waals surface area contributed by atoms with Gasteiger partial charge in [0.05, 0.1) is 16.6 Å². The average molecular weight is 497 g/mol. The van der Waals surface area contributed by atoms with E-state index in [0.717, 1.165) is 16.8 Å². The number of benzene rings is 4. The molecule has 1 amide bonds. The fourth-order valence-electron chi connectivity index (χ4n) is 4.92. The van der Waals surface area contributed by atoms with Crippen LogP contribution in [0.1, 0.15) is 40.9 Å². The van der Waals surface area contributed by atoms with E-state index >= 15 is 0 Å². The lowest BCUT2D eigenvalue weighted by Gasteiger charge is -2.43. The number of para-hydroxylation sites is 2. The van der Waals surface area contributed by atoms with E-state index in [1.807, 2.05) is 111 Å². The van der Waals surface area contributed by atoms with Gasteiger partial charge in [0, 0.05) is 17.3 Å². The van der Waals surface area contributed by atoms with E-state index in [2.05, 4.69) is 0 Å². The van der Waals surface area contributed by atoms with Gasteiger partial charge in [-0.05, 0) is 68.3 Å². The summed E-state index contributed by atoms with van der Waals surface area (Å²) < 4.78 is 29.8. The van der Waals surface area contributed by atoms with E-state index in [0.29, 0.717) is 17.7 Å². The van der Waals surface area contributed by atoms with Crippen LogP contribution < -0.4 is 9.21 Å². The molecule has 0 bridgehead atoms. The number of carbonyl (C=O) groups is 1. The summed E-state index contributed by atoms with van der Waals surface area (Å²) in [6.45, 7) is 3.91. The van der Waals surface area contributed by atoms with Crippen molar-refractivity contribution in [2.24, 2.45) is 0 Å². The molecule has 0 unspecified atom stereocenters. The number of anilines is 2. The van der Waals surface area contributed by atoms with E-state index in [9.17, 15) is 13.2 Å². The van der Waals surface area contributed by atoms with Gasteiger partial charge in [-0.3, -0.25) is 9.10 Å². The predicted octanol–water partition coefficient (Wildman–Crippen LogP) is 6.37. The van der Waals surface area contributed by atoms with Crippen molar-refractivity contribution in [2.45, 2.75) is 37.2 Å². The van der Waals surface area contributed by atoms with Crippen molar-refractivity contribution in [1.29, 1.82) is 0 Å². The summed E-state index contributed by atoms with van der Waals surface area (Å²) in [5.74, 6) is -0.0957. The number of rotatable bonds is 5. The fraction of sp³-hybridized carbons (Fsp3) is 0.167. The molecule has 182 valence electrons. The molecule has 6 heteroatoms. The van der Waals surface area contributed by atoms with Crippen LogP contribution >= 0.6 is 0 Å². The highest BCUT2D eigenvalue weighted by Gasteiger charge is 2.41. The molecule has 0 aliphatic carbocycles. The van der Waals surface area contributed by atoms with Crippen molar-refractivity contribution in [3.05, 3.63) is 126 Å². The summed E-state index contributed by atoms with van der Waals surface area (Å²) >= 11 is 0. The lowest BCUT2D eigenvalue weighted by Crippen LogP contribution is -2.47. The van der Waals surface area contributed by atoms with Crippen molar-refractivity contribution in [2.75, 3.05) is 9.21 Å². The van der Waals surface area contributed by atoms with Gasteiger partial charge in [0.2, 0.25) is 0 Å². The number of nitrogens with zero attached hydrogens (tertiary/aromatic N) is 2. The van der Waals surface area contributed by atoms with Crippen molar-refractivity contribution in [3.63, 3.8) is 0 Å². The first kappa shape index (κ1) is 23.8. The second-order valence-corrected chi connectivity index (χ2v) is 11.0. The number of sulfonamides is 1. The van der Waals surface area contributed by atoms with Crippen molar-refractivity contribution in [1.82, 2.24) is 0 Å². The maximum atomic E-state index is 14.1. The van der Waals surface area contributed by atoms with Crippen molar-refractivity contribution in [3.8, 4) is 0 Å². The zero-order valence-corrected chi connectivity index (χ0v) is 21.1. The van der Waals surface area contributed by atoms with Gasteiger partial charge >= 0.3 is 0 Å². The molecule has 36 heavy (non-hydrogen) atoms. The maximum Gasteiger partial charge on any atom is 0.264 e. The molecule has 5 nitrogen and oxygen atoms in total. The molecule has 0 saturated heterocycles. The predicted molar refractivity (Wildman–Crippen MR) is 144 cm³/mol. The molecule has 4 aromatic rings. The van der Waals surface area contributed by atoms with E-state index in [1.54, 1.807) is 17.0 Å². The standard InChI is InChI=1S/C30H28N2O3S/c1-22-17-19-26(20-18-22)36(34,35)32(25-13-7-4-8-14-25)29-21-23(2)31(28-16-10-9-15-27(28)29)30(33)24-11-5-3-6-12-24/h3-20,23,29H,21H2,1-2H3/t23-,29+/m0/s1. The molecule has 2 atom stereocenters. The van der Waals surface area contributed by atoms with Gasteiger partial charge < -0.3 is 4.90 Å². The molecular weight excluding hydrogens is 468 g/mol. The van der Waals surface area contributed by atoms with E-state index in [4.69, 9.17) is 0 Å². The van der Waals surface area contributed by atoms with Crippen LogP contribution in [0.3, 0.4) is 0 Å². The Morgan fingerprint density at radius 1 is 0.806 bits per heavy atom. The van der Waals surface area contributed by atoms with E-state index in [1.165, 1.54) is 4.31 Å². The van der Waals surface area contributed by atoms with Crippen LogP contribution in [0.15, 0.2) is 114 Å². The topological polar surface area (TPSA) is 57.7 Å². The quantitative estimate of drug-likeness (QED) is 0.323. The van der Waals surface area contributed by atoms with Gasteiger partial charge in [-0.15, -0.1) is 0 Å². The van der Waals surface area contributed by atoms with Crippen LogP contribution in [0, 0.1) is 6.92 Å². The van der Waals surface area contributed by atoms with Crippen LogP contribution in [0.5, 0.6) is 0 Å². The maximum absolute atomic E-state index is 14.1. The summed E-state index contributed by atoms with van der Waals surface area (Å²) in [6.07, 6.45) is 0.454. The Morgan fingerprint density at radius 2 is 1.39 bits per heavy atom. The largest absolute Gasteiger partial charge is 0.305 e. The Kier molecular flexibility index (Phi) is 6.37. The molecule has 0 spiro atoms. The number of fused-ring (bicyclic) bond motifs is 1. The van der Waals surface area contributed by atoms with Crippen molar-refractivity contribution >= 4 is 27.3 Å². The summed E-state index contributed by atoms with van der Waals surface area (Å²) in [5.41, 5.74) is 3.72. The normalized spacial score (nSPS) is 17.3. The Bertz CT molecular complexity index is 1470. The number of amides is 1. The van der Waals surface area contributed by atoms with Gasteiger partial charge in [-0.2, -0.15) is 0 Å². The highest BCUT2D eigenvalue weighted by molar-refractivity contribution is 7.92. The Hall–Kier alpha value is -3.90. The Balaban J connectivity index is 1.65. The first-order valence-corrected chi connectivity index (χ1v) is 13.5. The minimum absolute atomic E-state index is 0.0957. The summed E-state index contributed by atoms with van der Waals surface area (Å²) in [7, 11) is -3.90. The summed E-state index contributed by atoms with van der Waals surface area (Å²) in [6, 6.07) is 32.2. The molecule has 5 rings (SSSR count). The van der Waals surface area contributed by atoms with Crippen LogP contribution in [0.4, 0.5) is 11.4 Å². The zero-order valence-electron chi connectivity index (χ0n) is 20.3. The molecule has 4 aromatic carbocycles. The molecule has 1 aliphatic rings. The van der Waals surface area contributed by atoms with E-state index in [-0.39, 0.29) is 16.8 Å². The number of hydrogen-bond acceptors (Lipinski definition) is 3. The smallest absolute Gasteiger partial charge is 0.264 e. The van der Waals surface area contributed by atoms with Crippen LogP contribution in [-0.2, 0) is 10.0 Å². The van der Waals surface area contributed by atoms with Crippen LogP contribution in [0.25, 0.3) is 0 Å².